The molecule has 0 spiro atoms. The lowest BCUT2D eigenvalue weighted by molar-refractivity contribution is -0.281. The third-order valence-corrected chi connectivity index (χ3v) is 5.88. The third-order valence-electron chi connectivity index (χ3n) is 5.37. The van der Waals surface area contributed by atoms with Gasteiger partial charge < -0.3 is 14.8 Å². The Labute approximate surface area is 207 Å². The average molecular weight is 522 g/mol. The van der Waals surface area contributed by atoms with Gasteiger partial charge in [-0.1, -0.05) is 47.5 Å². The molecule has 0 radical (unpaired) electrons. The molecule has 2 N–H and O–H groups in total. The molecule has 11 heteroatoms. The lowest BCUT2D eigenvalue weighted by atomic mass is 10.0. The van der Waals surface area contributed by atoms with E-state index in [1.54, 1.807) is 24.3 Å². The fourth-order valence-corrected chi connectivity index (χ4v) is 3.92. The zero-order valence-corrected chi connectivity index (χ0v) is 19.2. The van der Waals surface area contributed by atoms with Gasteiger partial charge in [0.05, 0.1) is 12.2 Å². The lowest BCUT2D eigenvalue weighted by Gasteiger charge is -2.28. The zero-order valence-electron chi connectivity index (χ0n) is 17.7. The van der Waals surface area contributed by atoms with Gasteiger partial charge in [-0.2, -0.15) is 13.2 Å². The summed E-state index contributed by atoms with van der Waals surface area (Å²) in [7, 11) is 0. The van der Waals surface area contributed by atoms with Crippen molar-refractivity contribution in [3.8, 4) is 11.5 Å². The van der Waals surface area contributed by atoms with Crippen molar-refractivity contribution in [3.05, 3.63) is 87.9 Å². The minimum absolute atomic E-state index is 0.199. The molecule has 6 nitrogen and oxygen atoms in total. The maximum Gasteiger partial charge on any atom is 0.468 e. The van der Waals surface area contributed by atoms with Crippen LogP contribution in [0.3, 0.4) is 0 Å². The summed E-state index contributed by atoms with van der Waals surface area (Å²) in [4.78, 5) is 13.0. The van der Waals surface area contributed by atoms with Gasteiger partial charge >= 0.3 is 18.5 Å². The van der Waals surface area contributed by atoms with E-state index in [9.17, 15) is 18.0 Å². The summed E-state index contributed by atoms with van der Waals surface area (Å²) in [6, 6.07) is 17.5. The van der Waals surface area contributed by atoms with Crippen LogP contribution in [0.5, 0.6) is 11.5 Å². The molecule has 3 aromatic carbocycles. The SMILES string of the molecule is O=C(Nc1ccc2c(c1)OC(F)C(F)(F)O2)N1CC(c2ccc(Cl)cc2)=C(c2ccc(Cl)cc2)N1. The van der Waals surface area contributed by atoms with Gasteiger partial charge in [0.25, 0.3) is 0 Å². The minimum Gasteiger partial charge on any atom is -0.447 e. The van der Waals surface area contributed by atoms with Crippen LogP contribution >= 0.6 is 23.2 Å². The Balaban J connectivity index is 1.37. The first-order valence-corrected chi connectivity index (χ1v) is 11.1. The van der Waals surface area contributed by atoms with Gasteiger partial charge in [-0.05, 0) is 47.5 Å². The minimum atomic E-state index is -4.10. The Morgan fingerprint density at radius 2 is 1.60 bits per heavy atom. The average Bonchev–Trinajstić information content (AvgIpc) is 3.26. The van der Waals surface area contributed by atoms with E-state index >= 15 is 0 Å². The first kappa shape index (κ1) is 23.2. The normalized spacial score (nSPS) is 18.3. The predicted octanol–water partition coefficient (Wildman–Crippen LogP) is 6.57. The van der Waals surface area contributed by atoms with Gasteiger partial charge in [-0.3, -0.25) is 5.43 Å². The topological polar surface area (TPSA) is 62.8 Å². The first-order chi connectivity index (χ1) is 16.7. The number of alkyl halides is 3. The van der Waals surface area contributed by atoms with Gasteiger partial charge in [0, 0.05) is 27.4 Å². The van der Waals surface area contributed by atoms with Crippen molar-refractivity contribution in [1.29, 1.82) is 0 Å². The second kappa shape index (κ2) is 8.90. The zero-order chi connectivity index (χ0) is 24.7. The van der Waals surface area contributed by atoms with Crippen molar-refractivity contribution >= 4 is 46.2 Å². The molecule has 35 heavy (non-hydrogen) atoms. The van der Waals surface area contributed by atoms with Crippen LogP contribution in [0, 0.1) is 0 Å². The molecule has 2 aliphatic rings. The van der Waals surface area contributed by atoms with E-state index in [-0.39, 0.29) is 23.7 Å². The molecule has 2 amide bonds. The molecule has 0 aromatic heterocycles. The number of nitrogens with one attached hydrogen (secondary N) is 2. The number of nitrogens with zero attached hydrogens (tertiary/aromatic N) is 1. The van der Waals surface area contributed by atoms with Gasteiger partial charge in [-0.15, -0.1) is 0 Å². The van der Waals surface area contributed by atoms with Crippen molar-refractivity contribution in [2.45, 2.75) is 12.5 Å². The fraction of sp³-hybridized carbons (Fsp3) is 0.125. The van der Waals surface area contributed by atoms with Gasteiger partial charge in [0.15, 0.2) is 11.5 Å². The highest BCUT2D eigenvalue weighted by molar-refractivity contribution is 6.31. The van der Waals surface area contributed by atoms with E-state index in [0.717, 1.165) is 16.7 Å². The molecule has 0 bridgehead atoms. The van der Waals surface area contributed by atoms with E-state index in [1.165, 1.54) is 23.2 Å². The molecule has 5 rings (SSSR count). The maximum absolute atomic E-state index is 13.5. The summed E-state index contributed by atoms with van der Waals surface area (Å²) < 4.78 is 49.2. The molecule has 0 fully saturated rings. The molecule has 2 aliphatic heterocycles. The summed E-state index contributed by atoms with van der Waals surface area (Å²) in [5.41, 5.74) is 6.50. The molecule has 0 saturated carbocycles. The van der Waals surface area contributed by atoms with Crippen molar-refractivity contribution in [2.24, 2.45) is 0 Å². The molecular weight excluding hydrogens is 506 g/mol. The summed E-state index contributed by atoms with van der Waals surface area (Å²) >= 11 is 12.1. The van der Waals surface area contributed by atoms with E-state index in [0.29, 0.717) is 15.7 Å². The number of ether oxygens (including phenoxy) is 2. The molecular formula is C24H16Cl2F3N3O3. The number of urea groups is 1. The monoisotopic (exact) mass is 521 g/mol. The van der Waals surface area contributed by atoms with E-state index in [4.69, 9.17) is 23.2 Å². The second-order valence-electron chi connectivity index (χ2n) is 7.75. The van der Waals surface area contributed by atoms with E-state index in [1.807, 2.05) is 24.3 Å². The van der Waals surface area contributed by atoms with Crippen LogP contribution in [0.2, 0.25) is 10.0 Å². The standard InChI is InChI=1S/C24H16Cl2F3N3O3/c25-15-5-1-13(2-6-15)18-12-32(31-21(18)14-3-7-16(26)8-4-14)23(33)30-17-9-10-19-20(11-17)34-22(27)24(28,29)35-19/h1-11,22,31H,12H2,(H,30,33). The number of anilines is 1. The smallest absolute Gasteiger partial charge is 0.447 e. The summed E-state index contributed by atoms with van der Waals surface area (Å²) in [6.07, 6.45) is -7.06. The molecule has 3 aromatic rings. The number of hydrazine groups is 1. The predicted molar refractivity (Wildman–Crippen MR) is 126 cm³/mol. The summed E-state index contributed by atoms with van der Waals surface area (Å²) in [6.45, 7) is 0.203. The summed E-state index contributed by atoms with van der Waals surface area (Å²) in [5.74, 6) is -0.588. The quantitative estimate of drug-likeness (QED) is 0.409. The van der Waals surface area contributed by atoms with Crippen LogP contribution in [0.1, 0.15) is 11.1 Å². The highest BCUT2D eigenvalue weighted by atomic mass is 35.5. The second-order valence-corrected chi connectivity index (χ2v) is 8.63. The molecule has 0 aliphatic carbocycles. The molecule has 0 saturated heterocycles. The Hall–Kier alpha value is -3.56. The Morgan fingerprint density at radius 1 is 0.971 bits per heavy atom. The molecule has 180 valence electrons. The van der Waals surface area contributed by atoms with Crippen LogP contribution < -0.4 is 20.2 Å². The van der Waals surface area contributed by atoms with Crippen LogP contribution in [0.25, 0.3) is 11.3 Å². The number of rotatable bonds is 3. The highest BCUT2D eigenvalue weighted by Gasteiger charge is 2.49. The van der Waals surface area contributed by atoms with Crippen molar-refractivity contribution in [2.75, 3.05) is 11.9 Å². The highest BCUT2D eigenvalue weighted by Crippen LogP contribution is 2.42. The number of benzene rings is 3. The van der Waals surface area contributed by atoms with E-state index < -0.39 is 18.5 Å². The largest absolute Gasteiger partial charge is 0.468 e. The number of hydrogen-bond donors (Lipinski definition) is 2. The Morgan fingerprint density at radius 3 is 2.26 bits per heavy atom. The number of halogens is 5. The number of carbonyl (C=O) groups excluding carboxylic acids is 1. The third kappa shape index (κ3) is 4.69. The number of fused-ring (bicyclic) bond motifs is 1. The Kier molecular flexibility index (Phi) is 5.90. The first-order valence-electron chi connectivity index (χ1n) is 10.3. The Bertz CT molecular complexity index is 1260. The van der Waals surface area contributed by atoms with Crippen LogP contribution in [0.15, 0.2) is 66.7 Å². The maximum atomic E-state index is 13.5. The lowest BCUT2D eigenvalue weighted by Crippen LogP contribution is -2.43. The number of hydrogen-bond acceptors (Lipinski definition) is 4. The fourth-order valence-electron chi connectivity index (χ4n) is 3.67. The van der Waals surface area contributed by atoms with Gasteiger partial charge in [0.1, 0.15) is 0 Å². The molecule has 1 unspecified atom stereocenters. The number of carbonyl (C=O) groups is 1. The molecule has 2 heterocycles. The van der Waals surface area contributed by atoms with Crippen LogP contribution in [-0.2, 0) is 0 Å². The van der Waals surface area contributed by atoms with Crippen molar-refractivity contribution in [3.63, 3.8) is 0 Å². The van der Waals surface area contributed by atoms with Crippen molar-refractivity contribution < 1.29 is 27.4 Å². The van der Waals surface area contributed by atoms with Crippen LogP contribution in [0.4, 0.5) is 23.7 Å². The van der Waals surface area contributed by atoms with Gasteiger partial charge in [0.2, 0.25) is 0 Å². The van der Waals surface area contributed by atoms with Crippen molar-refractivity contribution in [1.82, 2.24) is 10.4 Å². The summed E-state index contributed by atoms with van der Waals surface area (Å²) in [5, 5.41) is 5.14. The number of amides is 2. The van der Waals surface area contributed by atoms with E-state index in [2.05, 4.69) is 20.2 Å². The van der Waals surface area contributed by atoms with Crippen LogP contribution in [-0.4, -0.2) is 30.1 Å². The molecule has 1 atom stereocenters. The van der Waals surface area contributed by atoms with Gasteiger partial charge in [-0.25, -0.2) is 9.80 Å².